The fourth-order valence-corrected chi connectivity index (χ4v) is 6.81. The molecule has 15 heteroatoms. The van der Waals surface area contributed by atoms with Crippen LogP contribution < -0.4 is 0 Å². The zero-order chi connectivity index (χ0) is 39.9. The van der Waals surface area contributed by atoms with Gasteiger partial charge in [-0.2, -0.15) is 39.5 Å². The highest BCUT2D eigenvalue weighted by atomic mass is 19.4. The number of nitrogens with zero attached hydrogens (tertiary/aromatic N) is 1. The number of ketones is 1. The predicted molar refractivity (Wildman–Crippen MR) is 176 cm³/mol. The summed E-state index contributed by atoms with van der Waals surface area (Å²) in [5.41, 5.74) is 0.0567. The Morgan fingerprint density at radius 1 is 0.849 bits per heavy atom. The van der Waals surface area contributed by atoms with Crippen LogP contribution >= 0.6 is 0 Å². The van der Waals surface area contributed by atoms with Crippen LogP contribution in [0.25, 0.3) is 5.57 Å². The van der Waals surface area contributed by atoms with Gasteiger partial charge in [-0.25, -0.2) is 9.59 Å². The summed E-state index contributed by atoms with van der Waals surface area (Å²) in [4.78, 5) is 43.7. The van der Waals surface area contributed by atoms with Crippen LogP contribution in [0.4, 0.5) is 44.3 Å². The molecule has 4 rings (SSSR count). The van der Waals surface area contributed by atoms with E-state index in [9.17, 15) is 53.9 Å². The van der Waals surface area contributed by atoms with E-state index in [2.05, 4.69) is 0 Å². The minimum absolute atomic E-state index is 0.0931. The number of esters is 1. The largest absolute Gasteiger partial charge is 0.460 e. The number of ether oxygens (including phenoxy) is 2. The molecule has 1 aliphatic heterocycles. The minimum atomic E-state index is -6.97. The van der Waals surface area contributed by atoms with Crippen LogP contribution in [0, 0.1) is 5.92 Å². The Labute approximate surface area is 301 Å². The van der Waals surface area contributed by atoms with Gasteiger partial charge in [0.15, 0.2) is 11.3 Å². The van der Waals surface area contributed by atoms with E-state index in [0.29, 0.717) is 34.3 Å². The molecule has 0 bridgehead atoms. The van der Waals surface area contributed by atoms with E-state index in [-0.39, 0.29) is 29.9 Å². The summed E-state index contributed by atoms with van der Waals surface area (Å²) in [6.07, 6.45) is -10.3. The molecular formula is C38H40F9NO5. The average molecular weight is 762 g/mol. The number of carbonyl (C=O) groups is 3. The lowest BCUT2D eigenvalue weighted by molar-refractivity contribution is -0.396. The number of fused-ring (bicyclic) bond motifs is 1. The van der Waals surface area contributed by atoms with Crippen molar-refractivity contribution in [3.8, 4) is 0 Å². The lowest BCUT2D eigenvalue weighted by Gasteiger charge is -2.41. The van der Waals surface area contributed by atoms with Crippen molar-refractivity contribution in [1.82, 2.24) is 4.90 Å². The number of aryl methyl sites for hydroxylation is 1. The molecule has 6 nitrogen and oxygen atoms in total. The topological polar surface area (TPSA) is 72.9 Å². The number of halogens is 9. The molecule has 1 fully saturated rings. The first kappa shape index (κ1) is 41.5. The molecule has 1 saturated heterocycles. The number of amides is 1. The average Bonchev–Trinajstić information content (AvgIpc) is 3.53. The van der Waals surface area contributed by atoms with Gasteiger partial charge in [0.1, 0.15) is 12.2 Å². The van der Waals surface area contributed by atoms with Gasteiger partial charge in [0.2, 0.25) is 0 Å². The smallest absolute Gasteiger partial charge is 0.458 e. The SMILES string of the molecule is CCCC1(C(=O)OC(C)(C)C)C2C(=C(c3ccccc3)C(=O)C2=C(C)C)CN1C(=O)OCc1ccc(CCC(F)(F)C(F)(F)C(F)(F)C(F)(F)F)cc1. The van der Waals surface area contributed by atoms with Crippen molar-refractivity contribution in [2.75, 3.05) is 6.54 Å². The molecule has 0 radical (unpaired) electrons. The van der Waals surface area contributed by atoms with E-state index < -0.39 is 72.5 Å². The highest BCUT2D eigenvalue weighted by Gasteiger charge is 2.81. The van der Waals surface area contributed by atoms with Crippen LogP contribution in [0.1, 0.15) is 77.5 Å². The fraction of sp³-hybridized carbons (Fsp3) is 0.500. The number of rotatable bonds is 11. The van der Waals surface area contributed by atoms with E-state index in [0.717, 1.165) is 12.1 Å². The van der Waals surface area contributed by atoms with Crippen molar-refractivity contribution >= 4 is 23.4 Å². The summed E-state index contributed by atoms with van der Waals surface area (Å²) in [6, 6.07) is 13.7. The first-order valence-electron chi connectivity index (χ1n) is 16.8. The number of likely N-dealkylation sites (tertiary alicyclic amines) is 1. The Morgan fingerprint density at radius 3 is 1.92 bits per heavy atom. The lowest BCUT2D eigenvalue weighted by atomic mass is 9.75. The third-order valence-corrected chi connectivity index (χ3v) is 9.25. The van der Waals surface area contributed by atoms with E-state index in [1.54, 1.807) is 65.0 Å². The van der Waals surface area contributed by atoms with Crippen molar-refractivity contribution in [3.63, 3.8) is 0 Å². The first-order chi connectivity index (χ1) is 24.3. The molecule has 1 heterocycles. The van der Waals surface area contributed by atoms with Crippen molar-refractivity contribution in [2.24, 2.45) is 5.92 Å². The fourth-order valence-electron chi connectivity index (χ4n) is 6.81. The van der Waals surface area contributed by atoms with Crippen LogP contribution in [0.2, 0.25) is 0 Å². The van der Waals surface area contributed by atoms with Gasteiger partial charge in [0, 0.05) is 30.0 Å². The van der Waals surface area contributed by atoms with Crippen LogP contribution in [-0.2, 0) is 32.1 Å². The molecule has 2 aromatic rings. The van der Waals surface area contributed by atoms with E-state index in [4.69, 9.17) is 9.47 Å². The quantitative estimate of drug-likeness (QED) is 0.130. The molecule has 0 aromatic heterocycles. The molecule has 1 aliphatic carbocycles. The van der Waals surface area contributed by atoms with Crippen molar-refractivity contribution in [1.29, 1.82) is 0 Å². The summed E-state index contributed by atoms with van der Waals surface area (Å²) in [5.74, 6) is -21.2. The number of allylic oxidation sites excluding steroid dienone is 2. The van der Waals surface area contributed by atoms with Gasteiger partial charge in [-0.15, -0.1) is 0 Å². The van der Waals surface area contributed by atoms with Gasteiger partial charge in [0.05, 0.1) is 0 Å². The maximum absolute atomic E-state index is 14.3. The molecule has 290 valence electrons. The van der Waals surface area contributed by atoms with Crippen LogP contribution in [-0.4, -0.2) is 64.4 Å². The molecule has 0 N–H and O–H groups in total. The maximum Gasteiger partial charge on any atom is 0.460 e. The van der Waals surface area contributed by atoms with Gasteiger partial charge < -0.3 is 9.47 Å². The summed E-state index contributed by atoms with van der Waals surface area (Å²) in [7, 11) is 0. The van der Waals surface area contributed by atoms with Gasteiger partial charge in [-0.05, 0) is 69.7 Å². The number of Topliss-reactive ketones (excluding diaryl/α,β-unsaturated/α-hetero) is 1. The predicted octanol–water partition coefficient (Wildman–Crippen LogP) is 9.91. The highest BCUT2D eigenvalue weighted by molar-refractivity contribution is 6.33. The highest BCUT2D eigenvalue weighted by Crippen LogP contribution is 2.56. The van der Waals surface area contributed by atoms with Gasteiger partial charge in [-0.1, -0.05) is 73.5 Å². The number of hydrogen-bond donors (Lipinski definition) is 0. The van der Waals surface area contributed by atoms with E-state index in [1.807, 2.05) is 6.92 Å². The van der Waals surface area contributed by atoms with Crippen LogP contribution in [0.15, 0.2) is 71.3 Å². The second-order valence-corrected chi connectivity index (χ2v) is 14.4. The second kappa shape index (κ2) is 14.5. The zero-order valence-electron chi connectivity index (χ0n) is 29.9. The molecule has 0 spiro atoms. The summed E-state index contributed by atoms with van der Waals surface area (Å²) in [5, 5.41) is 0. The summed E-state index contributed by atoms with van der Waals surface area (Å²) in [6.45, 7) is 9.75. The third kappa shape index (κ3) is 7.57. The third-order valence-electron chi connectivity index (χ3n) is 9.25. The first-order valence-corrected chi connectivity index (χ1v) is 16.8. The molecule has 2 unspecified atom stereocenters. The van der Waals surface area contributed by atoms with Crippen LogP contribution in [0.3, 0.4) is 0 Å². The minimum Gasteiger partial charge on any atom is -0.458 e. The van der Waals surface area contributed by atoms with E-state index >= 15 is 0 Å². The lowest BCUT2D eigenvalue weighted by Crippen LogP contribution is -2.60. The van der Waals surface area contributed by atoms with Crippen LogP contribution in [0.5, 0.6) is 0 Å². The van der Waals surface area contributed by atoms with Gasteiger partial charge >= 0.3 is 36.0 Å². The van der Waals surface area contributed by atoms with E-state index in [1.165, 1.54) is 17.0 Å². The maximum atomic E-state index is 14.3. The number of benzene rings is 2. The second-order valence-electron chi connectivity index (χ2n) is 14.4. The Hall–Kier alpha value is -4.30. The van der Waals surface area contributed by atoms with Gasteiger partial charge in [-0.3, -0.25) is 9.69 Å². The van der Waals surface area contributed by atoms with Crippen molar-refractivity contribution in [2.45, 2.75) is 109 Å². The number of alkyl halides is 9. The number of hydrogen-bond acceptors (Lipinski definition) is 5. The zero-order valence-corrected chi connectivity index (χ0v) is 29.9. The Kier molecular flexibility index (Phi) is 11.3. The number of carbonyl (C=O) groups excluding carboxylic acids is 3. The normalized spacial score (nSPS) is 19.8. The Bertz CT molecular complexity index is 1770. The monoisotopic (exact) mass is 761 g/mol. The Balaban J connectivity index is 1.62. The van der Waals surface area contributed by atoms with Crippen molar-refractivity contribution in [3.05, 3.63) is 88.0 Å². The molecule has 2 atom stereocenters. The molecular weight excluding hydrogens is 721 g/mol. The summed E-state index contributed by atoms with van der Waals surface area (Å²) < 4.78 is 131. The Morgan fingerprint density at radius 2 is 1.42 bits per heavy atom. The molecule has 2 aliphatic rings. The summed E-state index contributed by atoms with van der Waals surface area (Å²) >= 11 is 0. The standard InChI is InChI=1S/C38H40F9NO5/c1-7-18-34(31(50)53-33(4,5)6)29-26(28(25-11-9-8-10-12-25)30(49)27(29)22(2)3)20-48(34)32(51)52-21-24-15-13-23(14-16-24)17-19-35(39,40)36(41,42)37(43,44)38(45,46)47/h8-16,29H,7,17-21H2,1-6H3. The van der Waals surface area contributed by atoms with Crippen molar-refractivity contribution < 1.29 is 63.4 Å². The molecule has 53 heavy (non-hydrogen) atoms. The molecule has 0 saturated carbocycles. The molecule has 1 amide bonds. The van der Waals surface area contributed by atoms with Gasteiger partial charge in [0.25, 0.3) is 0 Å². The molecule has 2 aromatic carbocycles.